The van der Waals surface area contributed by atoms with E-state index in [1.54, 1.807) is 0 Å². The van der Waals surface area contributed by atoms with Gasteiger partial charge in [-0.2, -0.15) is 43.9 Å². The molecule has 1 radical (unpaired) electrons. The molecule has 2 aromatic rings. The van der Waals surface area contributed by atoms with E-state index < -0.39 is 46.7 Å². The molecule has 0 saturated carbocycles. The second kappa shape index (κ2) is 12.9. The normalized spacial score (nSPS) is 15.5. The van der Waals surface area contributed by atoms with E-state index in [1.165, 1.54) is 0 Å². The van der Waals surface area contributed by atoms with Crippen molar-refractivity contribution in [2.45, 2.75) is 49.4 Å². The van der Waals surface area contributed by atoms with Gasteiger partial charge in [-0.3, -0.25) is 0 Å². The van der Waals surface area contributed by atoms with Crippen molar-refractivity contribution in [3.63, 3.8) is 0 Å². The summed E-state index contributed by atoms with van der Waals surface area (Å²) < 4.78 is 156. The number of nitrogen functional groups attached to an aromatic ring is 2. The summed E-state index contributed by atoms with van der Waals surface area (Å²) in [7, 11) is 4.34. The molecule has 2 rings (SSSR count). The van der Waals surface area contributed by atoms with Gasteiger partial charge >= 0.3 is 49.0 Å². The van der Waals surface area contributed by atoms with Crippen LogP contribution in [0.1, 0.15) is 25.0 Å². The van der Waals surface area contributed by atoms with Crippen LogP contribution in [-0.2, 0) is 11.3 Å². The number of rotatable bonds is 4. The molecule has 0 aliphatic carbocycles. The zero-order valence-electron chi connectivity index (χ0n) is 19.4. The van der Waals surface area contributed by atoms with E-state index in [2.05, 4.69) is 56.6 Å². The molecular weight excluding hydrogens is 713 g/mol. The summed E-state index contributed by atoms with van der Waals surface area (Å²) in [5.41, 5.74) is 1.50. The molecule has 0 heterocycles. The Morgan fingerprint density at radius 3 is 1.23 bits per heavy atom. The summed E-state index contributed by atoms with van der Waals surface area (Å²) in [6.07, 6.45) is -12.0. The first-order valence-electron chi connectivity index (χ1n) is 9.66. The van der Waals surface area contributed by atoms with E-state index in [-0.39, 0.29) is 34.2 Å². The number of nitrogens with zero attached hydrogens (tertiary/aromatic N) is 1. The Bertz CT molecular complexity index is 1100. The van der Waals surface area contributed by atoms with E-state index in [0.717, 1.165) is 36.4 Å². The van der Waals surface area contributed by atoms with Gasteiger partial charge in [0.25, 0.3) is 0 Å². The fourth-order valence-electron chi connectivity index (χ4n) is 2.55. The van der Waals surface area contributed by atoms with Crippen LogP contribution in [0.3, 0.4) is 0 Å². The van der Waals surface area contributed by atoms with Crippen LogP contribution in [0.15, 0.2) is 49.6 Å². The first-order valence-corrected chi connectivity index (χ1v) is 11.6. The van der Waals surface area contributed by atoms with Crippen LogP contribution in [0.4, 0.5) is 64.1 Å². The number of nitrogens with two attached hydrogens (primary N) is 2. The number of hydrogen-bond donors (Lipinski definition) is 3. The molecule has 0 amide bonds. The molecule has 0 aromatic heterocycles. The number of halogens is 14. The predicted octanol–water partition coefficient (Wildman–Crippen LogP) is 9.01. The Morgan fingerprint density at radius 2 is 0.949 bits per heavy atom. The minimum absolute atomic E-state index is 0.0127. The van der Waals surface area contributed by atoms with Crippen LogP contribution in [-0.4, -0.2) is 31.8 Å². The maximum atomic E-state index is 14.0. The summed E-state index contributed by atoms with van der Waals surface area (Å²) >= 11 is 8.91. The number of thiol groups is 1. The first kappa shape index (κ1) is 37.4. The number of alkyl halides is 12. The average molecular weight is 730 g/mol. The second-order valence-electron chi connectivity index (χ2n) is 7.74. The average Bonchev–Trinajstić information content (AvgIpc) is 2.76. The quantitative estimate of drug-likeness (QED) is 0.127. The summed E-state index contributed by atoms with van der Waals surface area (Å²) in [5.74, 6) is -11.0. The van der Waals surface area contributed by atoms with Gasteiger partial charge in [0, 0.05) is 14.6 Å². The molecule has 19 heteroatoms. The summed E-state index contributed by atoms with van der Waals surface area (Å²) in [6, 6.07) is 5.29. The number of hydrogen-bond acceptors (Lipinski definition) is 4. The van der Waals surface area contributed by atoms with Crippen molar-refractivity contribution >= 4 is 63.7 Å². The van der Waals surface area contributed by atoms with E-state index in [4.69, 9.17) is 11.5 Å². The molecule has 39 heavy (non-hydrogen) atoms. The van der Waals surface area contributed by atoms with Crippen molar-refractivity contribution in [1.29, 1.82) is 0 Å². The van der Waals surface area contributed by atoms with Crippen molar-refractivity contribution < 1.29 is 52.7 Å². The summed E-state index contributed by atoms with van der Waals surface area (Å²) in [6.45, 7) is 0.358. The van der Waals surface area contributed by atoms with Crippen molar-refractivity contribution in [3.8, 4) is 0 Å². The standard InChI is InChI=1S/C10H7Br2F6N.C10H9F6N.BHNS/c1-8(13,9(14,15)10(16,17)18)4-2-5(11)7(19)6(12)3-4;1-8(11,9(12,13)10(14,15)16)6-2-4-7(17)5-3-6;1-2-3/h2-3H,19H2,1H3;2-5H,17H2,1H3;3H. The van der Waals surface area contributed by atoms with Crippen LogP contribution in [0.25, 0.3) is 0 Å². The first-order chi connectivity index (χ1) is 17.2. The van der Waals surface area contributed by atoms with Gasteiger partial charge in [0.15, 0.2) is 0 Å². The Kier molecular flexibility index (Phi) is 12.4. The molecule has 2 unspecified atom stereocenters. The van der Waals surface area contributed by atoms with Crippen LogP contribution in [0, 0.1) is 0 Å². The predicted molar refractivity (Wildman–Crippen MR) is 133 cm³/mol. The van der Waals surface area contributed by atoms with Crippen molar-refractivity contribution in [2.75, 3.05) is 11.5 Å². The molecule has 0 aliphatic heterocycles. The van der Waals surface area contributed by atoms with Crippen molar-refractivity contribution in [1.82, 2.24) is 0 Å². The van der Waals surface area contributed by atoms with Crippen LogP contribution in [0.2, 0.25) is 0 Å². The molecule has 0 spiro atoms. The summed E-state index contributed by atoms with van der Waals surface area (Å²) in [5, 5.41) is 0. The van der Waals surface area contributed by atoms with E-state index in [1.807, 2.05) is 0 Å². The third-order valence-electron chi connectivity index (χ3n) is 4.97. The SMILES string of the molecule is CC(F)(c1cc(Br)c(N)c(Br)c1)C(F)(F)C(F)(F)F.CC(F)(c1ccc(N)cc1)C(F)(F)C(F)(F)F.[B]=NS. The molecule has 4 N–H and O–H groups in total. The van der Waals surface area contributed by atoms with Gasteiger partial charge in [-0.1, -0.05) is 12.1 Å². The zero-order chi connectivity index (χ0) is 31.4. The molecule has 2 aromatic carbocycles. The van der Waals surface area contributed by atoms with Crippen molar-refractivity contribution in [2.24, 2.45) is 4.30 Å². The Balaban J connectivity index is 0.000000676. The van der Waals surface area contributed by atoms with E-state index in [0.29, 0.717) is 0 Å². The van der Waals surface area contributed by atoms with Gasteiger partial charge in [-0.05, 0) is 81.1 Å². The zero-order valence-corrected chi connectivity index (χ0v) is 23.4. The maximum absolute atomic E-state index is 14.0. The van der Waals surface area contributed by atoms with Gasteiger partial charge in [-0.15, -0.1) is 0 Å². The van der Waals surface area contributed by atoms with E-state index in [9.17, 15) is 52.7 Å². The molecule has 0 bridgehead atoms. The van der Waals surface area contributed by atoms with Gasteiger partial charge in [0.2, 0.25) is 11.3 Å². The molecule has 3 nitrogen and oxygen atoms in total. The van der Waals surface area contributed by atoms with Gasteiger partial charge < -0.3 is 11.5 Å². The molecular formula is C20H17BBr2F12N3S. The van der Waals surface area contributed by atoms with Crippen molar-refractivity contribution in [3.05, 3.63) is 56.5 Å². The topological polar surface area (TPSA) is 64.4 Å². The number of benzene rings is 2. The molecule has 2 atom stereocenters. The molecule has 0 fully saturated rings. The minimum atomic E-state index is -6.00. The molecule has 0 saturated heterocycles. The third kappa shape index (κ3) is 8.21. The monoisotopic (exact) mass is 728 g/mol. The Morgan fingerprint density at radius 1 is 0.667 bits per heavy atom. The van der Waals surface area contributed by atoms with Gasteiger partial charge in [-0.25, -0.2) is 8.78 Å². The third-order valence-corrected chi connectivity index (χ3v) is 6.28. The van der Waals surface area contributed by atoms with Crippen LogP contribution in [0.5, 0.6) is 0 Å². The van der Waals surface area contributed by atoms with Gasteiger partial charge in [0.1, 0.15) is 0 Å². The summed E-state index contributed by atoms with van der Waals surface area (Å²) in [4.78, 5) is 0. The fourth-order valence-corrected chi connectivity index (χ4v) is 3.73. The molecule has 219 valence electrons. The van der Waals surface area contributed by atoms with E-state index >= 15 is 0 Å². The Labute approximate surface area is 237 Å². The fraction of sp³-hybridized carbons (Fsp3) is 0.400. The molecule has 0 aliphatic rings. The second-order valence-corrected chi connectivity index (χ2v) is 9.68. The Hall–Kier alpha value is -1.63. The van der Waals surface area contributed by atoms with Crippen LogP contribution < -0.4 is 11.5 Å². The number of anilines is 2. The van der Waals surface area contributed by atoms with Gasteiger partial charge in [0.05, 0.1) is 5.69 Å². The van der Waals surface area contributed by atoms with Crippen LogP contribution >= 0.6 is 44.7 Å².